The fourth-order valence-electron chi connectivity index (χ4n) is 2.61. The van der Waals surface area contributed by atoms with Gasteiger partial charge in [-0.2, -0.15) is 0 Å². The van der Waals surface area contributed by atoms with Gasteiger partial charge in [-0.1, -0.05) is 6.07 Å². The van der Waals surface area contributed by atoms with Gasteiger partial charge in [0, 0.05) is 38.1 Å². The lowest BCUT2D eigenvalue weighted by Crippen LogP contribution is -2.41. The predicted molar refractivity (Wildman–Crippen MR) is 106 cm³/mol. The Morgan fingerprint density at radius 3 is 2.56 bits per heavy atom. The van der Waals surface area contributed by atoms with Gasteiger partial charge < -0.3 is 15.0 Å². The van der Waals surface area contributed by atoms with Gasteiger partial charge in [-0.15, -0.1) is 11.3 Å². The normalized spacial score (nSPS) is 11.5. The van der Waals surface area contributed by atoms with Crippen molar-refractivity contribution in [3.63, 3.8) is 0 Å². The first-order valence-electron chi connectivity index (χ1n) is 8.52. The number of likely N-dealkylation sites (N-methyl/N-ethyl adjacent to an activating group) is 1. The van der Waals surface area contributed by atoms with Crippen LogP contribution in [0.15, 0.2) is 29.4 Å². The van der Waals surface area contributed by atoms with Crippen molar-refractivity contribution < 1.29 is 4.74 Å². The molecular formula is C19H28N4OS. The molecule has 0 saturated heterocycles. The fourth-order valence-corrected chi connectivity index (χ4v) is 3.39. The van der Waals surface area contributed by atoms with E-state index in [4.69, 9.17) is 4.74 Å². The summed E-state index contributed by atoms with van der Waals surface area (Å²) in [6.45, 7) is 8.46. The van der Waals surface area contributed by atoms with Crippen molar-refractivity contribution in [1.29, 1.82) is 0 Å². The Morgan fingerprint density at radius 2 is 1.96 bits per heavy atom. The molecule has 5 nitrogen and oxygen atoms in total. The highest BCUT2D eigenvalue weighted by molar-refractivity contribution is 7.11. The van der Waals surface area contributed by atoms with Gasteiger partial charge in [0.05, 0.1) is 11.6 Å². The molecule has 25 heavy (non-hydrogen) atoms. The average molecular weight is 361 g/mol. The Bertz CT molecular complexity index is 691. The minimum Gasteiger partial charge on any atom is -0.492 e. The molecular weight excluding hydrogens is 332 g/mol. The molecule has 0 aliphatic carbocycles. The smallest absolute Gasteiger partial charge is 0.193 e. The van der Waals surface area contributed by atoms with Crippen LogP contribution in [0.4, 0.5) is 0 Å². The van der Waals surface area contributed by atoms with Crippen molar-refractivity contribution in [2.24, 2.45) is 4.99 Å². The van der Waals surface area contributed by atoms with Crippen LogP contribution in [0.1, 0.15) is 21.0 Å². The molecule has 1 heterocycles. The Labute approximate surface area is 154 Å². The van der Waals surface area contributed by atoms with E-state index in [9.17, 15) is 0 Å². The summed E-state index contributed by atoms with van der Waals surface area (Å²) in [6.07, 6.45) is 2.83. The van der Waals surface area contributed by atoms with Gasteiger partial charge in [-0.05, 0) is 44.0 Å². The minimum absolute atomic E-state index is 0.617. The van der Waals surface area contributed by atoms with Crippen LogP contribution in [0.5, 0.6) is 5.75 Å². The number of hydrogen-bond acceptors (Lipinski definition) is 4. The summed E-state index contributed by atoms with van der Waals surface area (Å²) in [7, 11) is 3.82. The zero-order valence-corrected chi connectivity index (χ0v) is 16.6. The van der Waals surface area contributed by atoms with E-state index in [2.05, 4.69) is 59.2 Å². The summed E-state index contributed by atoms with van der Waals surface area (Å²) in [5.41, 5.74) is 2.44. The molecule has 0 saturated carbocycles. The highest BCUT2D eigenvalue weighted by atomic mass is 32.1. The van der Waals surface area contributed by atoms with Crippen LogP contribution >= 0.6 is 11.3 Å². The number of nitrogens with one attached hydrogen (secondary N) is 1. The van der Waals surface area contributed by atoms with Crippen LogP contribution in [-0.2, 0) is 6.42 Å². The molecule has 136 valence electrons. The summed E-state index contributed by atoms with van der Waals surface area (Å²) in [4.78, 5) is 12.1. The lowest BCUT2D eigenvalue weighted by atomic mass is 10.1. The molecule has 0 unspecified atom stereocenters. The second kappa shape index (κ2) is 9.42. The molecule has 0 amide bonds. The van der Waals surface area contributed by atoms with Crippen molar-refractivity contribution in [1.82, 2.24) is 15.2 Å². The second-order valence-corrected chi connectivity index (χ2v) is 7.50. The Hall–Kier alpha value is -2.08. The van der Waals surface area contributed by atoms with Gasteiger partial charge in [-0.25, -0.2) is 4.98 Å². The van der Waals surface area contributed by atoms with E-state index in [1.54, 1.807) is 18.4 Å². The molecule has 2 aromatic rings. The summed E-state index contributed by atoms with van der Waals surface area (Å²) < 4.78 is 5.88. The number of aromatic nitrogens is 1. The first kappa shape index (κ1) is 19.2. The number of ether oxygens (including phenoxy) is 1. The van der Waals surface area contributed by atoms with Crippen molar-refractivity contribution in [2.75, 3.05) is 33.8 Å². The third-order valence-electron chi connectivity index (χ3n) is 3.76. The second-order valence-electron chi connectivity index (χ2n) is 6.18. The number of aliphatic imine (C=N–C) groups is 1. The zero-order chi connectivity index (χ0) is 18.2. The molecule has 2 rings (SSSR count). The maximum absolute atomic E-state index is 5.88. The first-order chi connectivity index (χ1) is 12.0. The maximum Gasteiger partial charge on any atom is 0.193 e. The van der Waals surface area contributed by atoms with Gasteiger partial charge in [0.2, 0.25) is 0 Å². The molecule has 6 heteroatoms. The Kier molecular flexibility index (Phi) is 7.25. The molecule has 1 aromatic heterocycles. The van der Waals surface area contributed by atoms with E-state index in [0.29, 0.717) is 6.61 Å². The molecule has 0 aliphatic heterocycles. The standard InChI is InChI=1S/C19H28N4OS/c1-14-10-15(2)12-17(11-14)24-9-8-23(5)19(20-4)21-7-6-18-22-13-16(3)25-18/h10-13H,6-9H2,1-5H3,(H,20,21). The highest BCUT2D eigenvalue weighted by Crippen LogP contribution is 2.16. The minimum atomic E-state index is 0.617. The van der Waals surface area contributed by atoms with Gasteiger partial charge in [-0.3, -0.25) is 4.99 Å². The molecule has 0 radical (unpaired) electrons. The molecule has 0 atom stereocenters. The lowest BCUT2D eigenvalue weighted by Gasteiger charge is -2.22. The molecule has 0 aliphatic rings. The largest absolute Gasteiger partial charge is 0.492 e. The Morgan fingerprint density at radius 1 is 1.24 bits per heavy atom. The quantitative estimate of drug-likeness (QED) is 0.608. The van der Waals surface area contributed by atoms with E-state index in [1.807, 2.05) is 13.2 Å². The fraction of sp³-hybridized carbons (Fsp3) is 0.474. The van der Waals surface area contributed by atoms with Gasteiger partial charge >= 0.3 is 0 Å². The molecule has 0 spiro atoms. The summed E-state index contributed by atoms with van der Waals surface area (Å²) >= 11 is 1.74. The number of thiazole rings is 1. The monoisotopic (exact) mass is 360 g/mol. The number of aryl methyl sites for hydroxylation is 3. The van der Waals surface area contributed by atoms with Crippen molar-refractivity contribution in [3.05, 3.63) is 45.4 Å². The number of nitrogens with zero attached hydrogens (tertiary/aromatic N) is 3. The maximum atomic E-state index is 5.88. The number of rotatable bonds is 7. The van der Waals surface area contributed by atoms with E-state index >= 15 is 0 Å². The van der Waals surface area contributed by atoms with Gasteiger partial charge in [0.1, 0.15) is 12.4 Å². The van der Waals surface area contributed by atoms with Crippen molar-refractivity contribution in [2.45, 2.75) is 27.2 Å². The van der Waals surface area contributed by atoms with E-state index < -0.39 is 0 Å². The van der Waals surface area contributed by atoms with Crippen LogP contribution < -0.4 is 10.1 Å². The number of benzene rings is 1. The van der Waals surface area contributed by atoms with E-state index in [-0.39, 0.29) is 0 Å². The lowest BCUT2D eigenvalue weighted by molar-refractivity contribution is 0.281. The third kappa shape index (κ3) is 6.38. The van der Waals surface area contributed by atoms with E-state index in [1.165, 1.54) is 16.0 Å². The highest BCUT2D eigenvalue weighted by Gasteiger charge is 2.07. The Balaban J connectivity index is 1.74. The first-order valence-corrected chi connectivity index (χ1v) is 9.34. The average Bonchev–Trinajstić information content (AvgIpc) is 2.96. The summed E-state index contributed by atoms with van der Waals surface area (Å²) in [5.74, 6) is 1.80. The summed E-state index contributed by atoms with van der Waals surface area (Å²) in [6, 6.07) is 6.28. The molecule has 0 bridgehead atoms. The van der Waals surface area contributed by atoms with Crippen LogP contribution in [-0.4, -0.2) is 49.6 Å². The van der Waals surface area contributed by atoms with Crippen LogP contribution in [0.3, 0.4) is 0 Å². The van der Waals surface area contributed by atoms with Crippen molar-refractivity contribution >= 4 is 17.3 Å². The molecule has 1 N–H and O–H groups in total. The van der Waals surface area contributed by atoms with Crippen molar-refractivity contribution in [3.8, 4) is 5.75 Å². The third-order valence-corrected chi connectivity index (χ3v) is 4.73. The zero-order valence-electron chi connectivity index (χ0n) is 15.8. The number of hydrogen-bond donors (Lipinski definition) is 1. The SMILES string of the molecule is CN=C(NCCc1ncc(C)s1)N(C)CCOc1cc(C)cc(C)c1. The van der Waals surface area contributed by atoms with Crippen LogP contribution in [0.2, 0.25) is 0 Å². The summed E-state index contributed by atoms with van der Waals surface area (Å²) in [5, 5.41) is 4.53. The van der Waals surface area contributed by atoms with Gasteiger partial charge in [0.15, 0.2) is 5.96 Å². The number of guanidine groups is 1. The van der Waals surface area contributed by atoms with E-state index in [0.717, 1.165) is 36.2 Å². The topological polar surface area (TPSA) is 49.8 Å². The molecule has 1 aromatic carbocycles. The van der Waals surface area contributed by atoms with Gasteiger partial charge in [0.25, 0.3) is 0 Å². The van der Waals surface area contributed by atoms with Crippen LogP contribution in [0, 0.1) is 20.8 Å². The predicted octanol–water partition coefficient (Wildman–Crippen LogP) is 3.20. The molecule has 0 fully saturated rings. The van der Waals surface area contributed by atoms with Crippen LogP contribution in [0.25, 0.3) is 0 Å².